The lowest BCUT2D eigenvalue weighted by atomic mass is 10.0. The van der Waals surface area contributed by atoms with Crippen molar-refractivity contribution in [1.29, 1.82) is 0 Å². The Morgan fingerprint density at radius 3 is 2.28 bits per heavy atom. The highest BCUT2D eigenvalue weighted by Crippen LogP contribution is 2.41. The fourth-order valence-corrected chi connectivity index (χ4v) is 3.57. The maximum atomic E-state index is 12.8. The number of para-hydroxylation sites is 2. The lowest BCUT2D eigenvalue weighted by Gasteiger charge is -2.23. The van der Waals surface area contributed by atoms with E-state index in [-0.39, 0.29) is 0 Å². The Morgan fingerprint density at radius 1 is 0.931 bits per heavy atom. The highest BCUT2D eigenvalue weighted by Gasteiger charge is 2.31. The predicted molar refractivity (Wildman–Crippen MR) is 109 cm³/mol. The number of anilines is 2. The highest BCUT2D eigenvalue weighted by molar-refractivity contribution is 6.00. The van der Waals surface area contributed by atoms with Crippen LogP contribution in [0.4, 0.5) is 16.2 Å². The highest BCUT2D eigenvalue weighted by atomic mass is 16.5. The van der Waals surface area contributed by atoms with Crippen LogP contribution in [0, 0.1) is 0 Å². The van der Waals surface area contributed by atoms with Crippen molar-refractivity contribution in [2.45, 2.75) is 12.5 Å². The molecule has 2 N–H and O–H groups in total. The fourth-order valence-electron chi connectivity index (χ4n) is 3.57. The number of primary amides is 1. The van der Waals surface area contributed by atoms with Crippen molar-refractivity contribution in [3.8, 4) is 5.75 Å². The molecule has 1 aliphatic heterocycles. The second-order valence-electron chi connectivity index (χ2n) is 6.69. The Hall–Kier alpha value is -3.80. The molecule has 0 unspecified atom stereocenters. The molecule has 0 saturated carbocycles. The number of carbonyl (C=O) groups excluding carboxylic acids is 2. The van der Waals surface area contributed by atoms with E-state index in [1.54, 1.807) is 37.4 Å². The number of carbonyl (C=O) groups is 2. The molecule has 6 heteroatoms. The van der Waals surface area contributed by atoms with E-state index in [4.69, 9.17) is 15.2 Å². The Labute approximate surface area is 168 Å². The summed E-state index contributed by atoms with van der Waals surface area (Å²) in [4.78, 5) is 26.5. The molecule has 0 aliphatic carbocycles. The number of rotatable bonds is 3. The maximum Gasteiger partial charge on any atom is 0.338 e. The summed E-state index contributed by atoms with van der Waals surface area (Å²) in [6, 6.07) is 21.0. The van der Waals surface area contributed by atoms with Gasteiger partial charge in [0.1, 0.15) is 11.9 Å². The SMILES string of the molecule is COc1ccc(C(=O)O[C@H]2Cc3ccccc3N(C(N)=O)c3ccccc32)cc1. The molecule has 6 nitrogen and oxygen atoms in total. The Morgan fingerprint density at radius 2 is 1.59 bits per heavy atom. The molecular weight excluding hydrogens is 368 g/mol. The van der Waals surface area contributed by atoms with Gasteiger partial charge in [0.05, 0.1) is 24.0 Å². The summed E-state index contributed by atoms with van der Waals surface area (Å²) in [7, 11) is 1.57. The van der Waals surface area contributed by atoms with Crippen molar-refractivity contribution < 1.29 is 19.1 Å². The Kier molecular flexibility index (Phi) is 4.91. The molecule has 1 atom stereocenters. The molecule has 1 aliphatic rings. The molecule has 0 spiro atoms. The number of amides is 2. The third kappa shape index (κ3) is 3.52. The van der Waals surface area contributed by atoms with Crippen LogP contribution in [0.1, 0.15) is 27.6 Å². The Bertz CT molecular complexity index is 1060. The summed E-state index contributed by atoms with van der Waals surface area (Å²) >= 11 is 0. The molecule has 29 heavy (non-hydrogen) atoms. The number of hydrogen-bond donors (Lipinski definition) is 1. The molecule has 0 bridgehead atoms. The van der Waals surface area contributed by atoms with Crippen molar-refractivity contribution in [2.75, 3.05) is 12.0 Å². The quantitative estimate of drug-likeness (QED) is 0.676. The zero-order valence-corrected chi connectivity index (χ0v) is 15.9. The zero-order chi connectivity index (χ0) is 20.4. The van der Waals surface area contributed by atoms with Crippen LogP contribution in [0.3, 0.4) is 0 Å². The van der Waals surface area contributed by atoms with Gasteiger partial charge in [-0.05, 0) is 42.0 Å². The minimum atomic E-state index is -0.591. The second kappa shape index (κ2) is 7.67. The fraction of sp³-hybridized carbons (Fsp3) is 0.130. The summed E-state index contributed by atoms with van der Waals surface area (Å²) in [5.74, 6) is 0.213. The average molecular weight is 388 g/mol. The molecule has 3 aromatic rings. The first kappa shape index (κ1) is 18.6. The smallest absolute Gasteiger partial charge is 0.338 e. The molecule has 3 aromatic carbocycles. The van der Waals surface area contributed by atoms with Crippen molar-refractivity contribution >= 4 is 23.4 Å². The van der Waals surface area contributed by atoms with E-state index in [1.165, 1.54) is 4.90 Å². The second-order valence-corrected chi connectivity index (χ2v) is 6.69. The van der Waals surface area contributed by atoms with E-state index in [0.717, 1.165) is 11.1 Å². The van der Waals surface area contributed by atoms with E-state index in [9.17, 15) is 9.59 Å². The van der Waals surface area contributed by atoms with Gasteiger partial charge in [-0.3, -0.25) is 4.90 Å². The van der Waals surface area contributed by atoms with Crippen LogP contribution in [-0.4, -0.2) is 19.1 Å². The maximum absolute atomic E-state index is 12.8. The van der Waals surface area contributed by atoms with E-state index >= 15 is 0 Å². The minimum absolute atomic E-state index is 0.424. The average Bonchev–Trinajstić information content (AvgIpc) is 2.88. The number of nitrogens with zero attached hydrogens (tertiary/aromatic N) is 1. The van der Waals surface area contributed by atoms with Gasteiger partial charge >= 0.3 is 12.0 Å². The zero-order valence-electron chi connectivity index (χ0n) is 15.9. The van der Waals surface area contributed by atoms with E-state index in [2.05, 4.69) is 0 Å². The standard InChI is InChI=1S/C23H20N2O4/c1-28-17-12-10-15(11-13-17)22(26)29-21-14-16-6-2-4-8-19(16)25(23(24)27)20-9-5-3-7-18(20)21/h2-13,21H,14H2,1H3,(H2,24,27)/t21-/m0/s1. The number of fused-ring (bicyclic) bond motifs is 2. The number of nitrogens with two attached hydrogens (primary N) is 1. The van der Waals surface area contributed by atoms with Crippen LogP contribution in [0.2, 0.25) is 0 Å². The van der Waals surface area contributed by atoms with Crippen LogP contribution >= 0.6 is 0 Å². The third-order valence-corrected chi connectivity index (χ3v) is 4.96. The van der Waals surface area contributed by atoms with Gasteiger partial charge in [-0.25, -0.2) is 9.59 Å². The first-order valence-electron chi connectivity index (χ1n) is 9.20. The van der Waals surface area contributed by atoms with Gasteiger partial charge in [0, 0.05) is 12.0 Å². The minimum Gasteiger partial charge on any atom is -0.497 e. The molecule has 1 heterocycles. The van der Waals surface area contributed by atoms with Crippen molar-refractivity contribution in [1.82, 2.24) is 0 Å². The summed E-state index contributed by atoms with van der Waals surface area (Å²) in [5, 5.41) is 0. The van der Waals surface area contributed by atoms with Crippen molar-refractivity contribution in [3.05, 3.63) is 89.5 Å². The summed E-state index contributed by atoms with van der Waals surface area (Å²) in [6.45, 7) is 0. The summed E-state index contributed by atoms with van der Waals surface area (Å²) < 4.78 is 11.0. The topological polar surface area (TPSA) is 81.9 Å². The number of ether oxygens (including phenoxy) is 2. The van der Waals surface area contributed by atoms with E-state index < -0.39 is 18.1 Å². The lowest BCUT2D eigenvalue weighted by Crippen LogP contribution is -2.32. The van der Waals surface area contributed by atoms with Gasteiger partial charge in [0.15, 0.2) is 0 Å². The van der Waals surface area contributed by atoms with Crippen LogP contribution in [-0.2, 0) is 11.2 Å². The van der Waals surface area contributed by atoms with Crippen LogP contribution < -0.4 is 15.4 Å². The normalized spacial score (nSPS) is 14.9. The van der Waals surface area contributed by atoms with Crippen LogP contribution in [0.25, 0.3) is 0 Å². The Balaban J connectivity index is 1.74. The summed E-state index contributed by atoms with van der Waals surface area (Å²) in [6.07, 6.45) is -0.134. The number of esters is 1. The first-order valence-corrected chi connectivity index (χ1v) is 9.20. The molecule has 0 aromatic heterocycles. The number of urea groups is 1. The largest absolute Gasteiger partial charge is 0.497 e. The molecule has 0 saturated heterocycles. The van der Waals surface area contributed by atoms with Gasteiger partial charge in [-0.15, -0.1) is 0 Å². The lowest BCUT2D eigenvalue weighted by molar-refractivity contribution is 0.0300. The van der Waals surface area contributed by atoms with Crippen LogP contribution in [0.15, 0.2) is 72.8 Å². The van der Waals surface area contributed by atoms with Gasteiger partial charge in [-0.1, -0.05) is 36.4 Å². The van der Waals surface area contributed by atoms with Crippen LogP contribution in [0.5, 0.6) is 5.75 Å². The molecule has 0 radical (unpaired) electrons. The predicted octanol–water partition coefficient (Wildman–Crippen LogP) is 4.37. The van der Waals surface area contributed by atoms with Gasteiger partial charge < -0.3 is 15.2 Å². The van der Waals surface area contributed by atoms with E-state index in [0.29, 0.717) is 29.1 Å². The number of methoxy groups -OCH3 is 1. The molecule has 4 rings (SSSR count). The van der Waals surface area contributed by atoms with Gasteiger partial charge in [0.25, 0.3) is 0 Å². The number of hydrogen-bond acceptors (Lipinski definition) is 4. The molecular formula is C23H20N2O4. The molecule has 2 amide bonds. The molecule has 0 fully saturated rings. The van der Waals surface area contributed by atoms with Gasteiger partial charge in [-0.2, -0.15) is 0 Å². The van der Waals surface area contributed by atoms with Crippen molar-refractivity contribution in [3.63, 3.8) is 0 Å². The van der Waals surface area contributed by atoms with Crippen molar-refractivity contribution in [2.24, 2.45) is 5.73 Å². The third-order valence-electron chi connectivity index (χ3n) is 4.96. The van der Waals surface area contributed by atoms with E-state index in [1.807, 2.05) is 42.5 Å². The monoisotopic (exact) mass is 388 g/mol. The number of benzene rings is 3. The first-order chi connectivity index (χ1) is 14.1. The van der Waals surface area contributed by atoms with Gasteiger partial charge in [0.2, 0.25) is 0 Å². The molecule has 146 valence electrons. The summed E-state index contributed by atoms with van der Waals surface area (Å²) in [5.41, 5.74) is 9.02.